The van der Waals surface area contributed by atoms with E-state index >= 15 is 0 Å². The Morgan fingerprint density at radius 2 is 1.41 bits per heavy atom. The van der Waals surface area contributed by atoms with Crippen LogP contribution in [-0.2, 0) is 4.79 Å². The Morgan fingerprint density at radius 1 is 0.719 bits per heavy atom. The van der Waals surface area contributed by atoms with Gasteiger partial charge >= 0.3 is 0 Å². The molecule has 1 saturated heterocycles. The third-order valence-electron chi connectivity index (χ3n) is 6.38. The molecule has 0 bridgehead atoms. The van der Waals surface area contributed by atoms with Crippen molar-refractivity contribution in [3.05, 3.63) is 94.5 Å². The lowest BCUT2D eigenvalue weighted by molar-refractivity contribution is -0.130. The SMILES string of the molecule is COc1cccc(C2C(N3C(=O)c4ccccc4C3=O)C(=O)N2c2ccc(C)c(C)c2)c1. The van der Waals surface area contributed by atoms with E-state index in [1.54, 1.807) is 36.3 Å². The molecule has 2 unspecified atom stereocenters. The van der Waals surface area contributed by atoms with Gasteiger partial charge in [-0.15, -0.1) is 0 Å². The topological polar surface area (TPSA) is 66.9 Å². The molecule has 0 radical (unpaired) electrons. The summed E-state index contributed by atoms with van der Waals surface area (Å²) in [6, 6.07) is 18.5. The van der Waals surface area contributed by atoms with E-state index in [4.69, 9.17) is 4.74 Å². The third kappa shape index (κ3) is 2.83. The molecule has 2 atom stereocenters. The molecule has 5 rings (SSSR count). The summed E-state index contributed by atoms with van der Waals surface area (Å²) in [7, 11) is 1.58. The first kappa shape index (κ1) is 20.0. The van der Waals surface area contributed by atoms with Gasteiger partial charge in [0, 0.05) is 5.69 Å². The Labute approximate surface area is 186 Å². The summed E-state index contributed by atoms with van der Waals surface area (Å²) in [6.45, 7) is 4.00. The van der Waals surface area contributed by atoms with Crippen LogP contribution in [0, 0.1) is 13.8 Å². The maximum Gasteiger partial charge on any atom is 0.262 e. The number of β-lactam (4-membered cyclic amide) rings is 1. The molecule has 3 amide bonds. The number of amides is 3. The highest BCUT2D eigenvalue weighted by Crippen LogP contribution is 2.45. The monoisotopic (exact) mass is 426 g/mol. The molecule has 1 fully saturated rings. The zero-order chi connectivity index (χ0) is 22.6. The van der Waals surface area contributed by atoms with Gasteiger partial charge in [-0.1, -0.05) is 30.3 Å². The van der Waals surface area contributed by atoms with Crippen molar-refractivity contribution >= 4 is 23.4 Å². The van der Waals surface area contributed by atoms with Gasteiger partial charge in [0.2, 0.25) is 0 Å². The van der Waals surface area contributed by atoms with Crippen LogP contribution in [0.5, 0.6) is 5.75 Å². The van der Waals surface area contributed by atoms with Crippen molar-refractivity contribution in [3.63, 3.8) is 0 Å². The quantitative estimate of drug-likeness (QED) is 0.466. The van der Waals surface area contributed by atoms with Crippen molar-refractivity contribution in [1.29, 1.82) is 0 Å². The highest BCUT2D eigenvalue weighted by atomic mass is 16.5. The number of methoxy groups -OCH3 is 1. The normalized spacial score (nSPS) is 19.8. The molecule has 3 aromatic carbocycles. The largest absolute Gasteiger partial charge is 0.497 e. The number of ether oxygens (including phenoxy) is 1. The number of rotatable bonds is 4. The average Bonchev–Trinajstić information content (AvgIpc) is 3.05. The minimum absolute atomic E-state index is 0.282. The first-order valence-electron chi connectivity index (χ1n) is 10.4. The van der Waals surface area contributed by atoms with Crippen LogP contribution >= 0.6 is 0 Å². The van der Waals surface area contributed by atoms with E-state index in [0.717, 1.165) is 27.3 Å². The molecule has 2 aliphatic heterocycles. The van der Waals surface area contributed by atoms with Crippen molar-refractivity contribution in [3.8, 4) is 5.75 Å². The number of carbonyl (C=O) groups excluding carboxylic acids is 3. The molecule has 6 nitrogen and oxygen atoms in total. The first-order valence-corrected chi connectivity index (χ1v) is 10.4. The fraction of sp³-hybridized carbons (Fsp3) is 0.192. The minimum atomic E-state index is -0.920. The average molecular weight is 426 g/mol. The van der Waals surface area contributed by atoms with Crippen molar-refractivity contribution in [2.24, 2.45) is 0 Å². The smallest absolute Gasteiger partial charge is 0.262 e. The van der Waals surface area contributed by atoms with Crippen LogP contribution in [0.4, 0.5) is 5.69 Å². The Bertz CT molecular complexity index is 1250. The van der Waals surface area contributed by atoms with Gasteiger partial charge in [0.25, 0.3) is 17.7 Å². The number of imide groups is 1. The van der Waals surface area contributed by atoms with E-state index in [2.05, 4.69) is 0 Å². The number of benzene rings is 3. The molecule has 3 aromatic rings. The summed E-state index contributed by atoms with van der Waals surface area (Å²) < 4.78 is 5.38. The minimum Gasteiger partial charge on any atom is -0.497 e. The summed E-state index contributed by atoms with van der Waals surface area (Å²) in [6.07, 6.45) is 0. The molecule has 6 heteroatoms. The van der Waals surface area contributed by atoms with Gasteiger partial charge < -0.3 is 9.64 Å². The third-order valence-corrected chi connectivity index (χ3v) is 6.38. The highest BCUT2D eigenvalue weighted by molar-refractivity contribution is 6.24. The van der Waals surface area contributed by atoms with Crippen molar-refractivity contribution < 1.29 is 19.1 Å². The van der Waals surface area contributed by atoms with E-state index in [1.807, 2.05) is 56.3 Å². The number of anilines is 1. The van der Waals surface area contributed by atoms with E-state index in [1.165, 1.54) is 0 Å². The Balaban J connectivity index is 1.61. The van der Waals surface area contributed by atoms with Crippen molar-refractivity contribution in [2.75, 3.05) is 12.0 Å². The van der Waals surface area contributed by atoms with Crippen LogP contribution in [0.25, 0.3) is 0 Å². The summed E-state index contributed by atoms with van der Waals surface area (Å²) in [5, 5.41) is 0. The number of aryl methyl sites for hydroxylation is 2. The number of hydrogen-bond donors (Lipinski definition) is 0. The number of carbonyl (C=O) groups is 3. The lowest BCUT2D eigenvalue weighted by Gasteiger charge is -2.50. The van der Waals surface area contributed by atoms with Crippen LogP contribution in [0.15, 0.2) is 66.7 Å². The Kier molecular flexibility index (Phi) is 4.59. The lowest BCUT2D eigenvalue weighted by atomic mass is 9.86. The second-order valence-corrected chi connectivity index (χ2v) is 8.17. The first-order chi connectivity index (χ1) is 15.4. The second-order valence-electron chi connectivity index (χ2n) is 8.17. The standard InChI is InChI=1S/C26H22N2O4/c1-15-11-12-18(13-16(15)2)27-22(17-7-6-8-19(14-17)32-3)23(26(27)31)28-24(29)20-9-4-5-10-21(20)25(28)30/h4-14,22-23H,1-3H3. The van der Waals surface area contributed by atoms with E-state index < -0.39 is 23.9 Å². The van der Waals surface area contributed by atoms with Gasteiger partial charge in [-0.25, -0.2) is 0 Å². The summed E-state index contributed by atoms with van der Waals surface area (Å²) >= 11 is 0. The lowest BCUT2D eigenvalue weighted by Crippen LogP contribution is -2.67. The van der Waals surface area contributed by atoms with Crippen LogP contribution < -0.4 is 9.64 Å². The van der Waals surface area contributed by atoms with Gasteiger partial charge in [0.1, 0.15) is 11.8 Å². The van der Waals surface area contributed by atoms with Crippen molar-refractivity contribution in [1.82, 2.24) is 4.90 Å². The molecule has 0 spiro atoms. The predicted octanol–water partition coefficient (Wildman–Crippen LogP) is 4.06. The Morgan fingerprint density at radius 3 is 2.03 bits per heavy atom. The predicted molar refractivity (Wildman–Crippen MR) is 120 cm³/mol. The maximum absolute atomic E-state index is 13.5. The molecule has 0 aliphatic carbocycles. The fourth-order valence-corrected chi connectivity index (χ4v) is 4.51. The summed E-state index contributed by atoms with van der Waals surface area (Å²) in [4.78, 5) is 42.5. The highest BCUT2D eigenvalue weighted by Gasteiger charge is 2.57. The maximum atomic E-state index is 13.5. The van der Waals surface area contributed by atoms with Gasteiger partial charge in [-0.2, -0.15) is 0 Å². The summed E-state index contributed by atoms with van der Waals surface area (Å²) in [5.41, 5.74) is 4.38. The van der Waals surface area contributed by atoms with Crippen LogP contribution in [0.3, 0.4) is 0 Å². The van der Waals surface area contributed by atoms with Gasteiger partial charge in [-0.3, -0.25) is 19.3 Å². The molecule has 0 aromatic heterocycles. The van der Waals surface area contributed by atoms with Gasteiger partial charge in [-0.05, 0) is 66.9 Å². The zero-order valence-electron chi connectivity index (χ0n) is 18.0. The van der Waals surface area contributed by atoms with E-state index in [0.29, 0.717) is 16.9 Å². The van der Waals surface area contributed by atoms with Gasteiger partial charge in [0.05, 0.1) is 24.3 Å². The van der Waals surface area contributed by atoms with Crippen LogP contribution in [0.2, 0.25) is 0 Å². The van der Waals surface area contributed by atoms with E-state index in [-0.39, 0.29) is 5.91 Å². The molecule has 32 heavy (non-hydrogen) atoms. The molecular formula is C26H22N2O4. The van der Waals surface area contributed by atoms with Crippen LogP contribution in [-0.4, -0.2) is 35.8 Å². The number of nitrogens with zero attached hydrogens (tertiary/aromatic N) is 2. The van der Waals surface area contributed by atoms with Gasteiger partial charge in [0.15, 0.2) is 0 Å². The number of hydrogen-bond acceptors (Lipinski definition) is 4. The second kappa shape index (κ2) is 7.34. The molecule has 2 heterocycles. The molecular weight excluding hydrogens is 404 g/mol. The Hall–Kier alpha value is -3.93. The van der Waals surface area contributed by atoms with Crippen molar-refractivity contribution in [2.45, 2.75) is 25.9 Å². The fourth-order valence-electron chi connectivity index (χ4n) is 4.51. The van der Waals surface area contributed by atoms with E-state index in [9.17, 15) is 14.4 Å². The molecule has 160 valence electrons. The molecule has 0 N–H and O–H groups in total. The summed E-state index contributed by atoms with van der Waals surface area (Å²) in [5.74, 6) is -0.508. The zero-order valence-corrected chi connectivity index (χ0v) is 18.0. The molecule has 0 saturated carbocycles. The van der Waals surface area contributed by atoms with Crippen LogP contribution in [0.1, 0.15) is 43.4 Å². The molecule has 2 aliphatic rings. The number of fused-ring (bicyclic) bond motifs is 1.